The SMILES string of the molecule is C#CC(C)(C)c1cncnc1C. The van der Waals surface area contributed by atoms with Crippen LogP contribution in [-0.4, -0.2) is 9.97 Å². The summed E-state index contributed by atoms with van der Waals surface area (Å²) < 4.78 is 0. The topological polar surface area (TPSA) is 25.8 Å². The molecule has 62 valence electrons. The van der Waals surface area contributed by atoms with Crippen molar-refractivity contribution in [2.24, 2.45) is 0 Å². The Balaban J connectivity index is 3.22. The lowest BCUT2D eigenvalue weighted by atomic mass is 9.86. The van der Waals surface area contributed by atoms with Gasteiger partial charge in [-0.05, 0) is 20.8 Å². The highest BCUT2D eigenvalue weighted by molar-refractivity contribution is 5.32. The third-order valence-electron chi connectivity index (χ3n) is 1.95. The number of hydrogen-bond donors (Lipinski definition) is 0. The van der Waals surface area contributed by atoms with E-state index in [0.29, 0.717) is 0 Å². The van der Waals surface area contributed by atoms with Crippen molar-refractivity contribution in [3.63, 3.8) is 0 Å². The standard InChI is InChI=1S/C10H12N2/c1-5-10(3,4)9-6-11-7-12-8(9)2/h1,6-7H,2-4H3. The first kappa shape index (κ1) is 8.73. The Morgan fingerprint density at radius 2 is 2.17 bits per heavy atom. The molecule has 0 aliphatic heterocycles. The van der Waals surface area contributed by atoms with E-state index in [0.717, 1.165) is 11.3 Å². The van der Waals surface area contributed by atoms with Crippen molar-refractivity contribution in [3.8, 4) is 12.3 Å². The van der Waals surface area contributed by atoms with Crippen LogP contribution in [0.4, 0.5) is 0 Å². The van der Waals surface area contributed by atoms with Crippen LogP contribution in [0.1, 0.15) is 25.1 Å². The predicted molar refractivity (Wildman–Crippen MR) is 48.6 cm³/mol. The molecule has 1 heterocycles. The average molecular weight is 160 g/mol. The van der Waals surface area contributed by atoms with Gasteiger partial charge in [0.2, 0.25) is 0 Å². The van der Waals surface area contributed by atoms with Crippen molar-refractivity contribution in [1.29, 1.82) is 0 Å². The van der Waals surface area contributed by atoms with E-state index in [2.05, 4.69) is 15.9 Å². The van der Waals surface area contributed by atoms with E-state index >= 15 is 0 Å². The Bertz CT molecular complexity index is 321. The molecule has 0 bridgehead atoms. The number of hydrogen-bond acceptors (Lipinski definition) is 2. The molecule has 0 atom stereocenters. The van der Waals surface area contributed by atoms with Crippen LogP contribution in [0.15, 0.2) is 12.5 Å². The first-order chi connectivity index (χ1) is 5.58. The second-order valence-electron chi connectivity index (χ2n) is 3.29. The molecule has 0 unspecified atom stereocenters. The number of rotatable bonds is 1. The van der Waals surface area contributed by atoms with Crippen molar-refractivity contribution >= 4 is 0 Å². The zero-order valence-electron chi connectivity index (χ0n) is 7.63. The summed E-state index contributed by atoms with van der Waals surface area (Å²) in [7, 11) is 0. The van der Waals surface area contributed by atoms with Crippen LogP contribution in [-0.2, 0) is 5.41 Å². The van der Waals surface area contributed by atoms with Crippen molar-refractivity contribution in [3.05, 3.63) is 23.8 Å². The van der Waals surface area contributed by atoms with Crippen LogP contribution in [0.5, 0.6) is 0 Å². The Labute approximate surface area is 73.1 Å². The molecule has 0 saturated heterocycles. The van der Waals surface area contributed by atoms with Crippen LogP contribution in [0.25, 0.3) is 0 Å². The summed E-state index contributed by atoms with van der Waals surface area (Å²) in [4.78, 5) is 8.04. The van der Waals surface area contributed by atoms with Crippen LogP contribution in [0, 0.1) is 19.3 Å². The summed E-state index contributed by atoms with van der Waals surface area (Å²) in [6.45, 7) is 5.91. The maximum Gasteiger partial charge on any atom is 0.115 e. The van der Waals surface area contributed by atoms with Gasteiger partial charge in [0.05, 0.1) is 5.41 Å². The Kier molecular flexibility index (Phi) is 2.14. The average Bonchev–Trinajstić information content (AvgIpc) is 2.05. The normalized spacial score (nSPS) is 10.8. The molecule has 0 aromatic carbocycles. The van der Waals surface area contributed by atoms with E-state index < -0.39 is 0 Å². The van der Waals surface area contributed by atoms with Crippen molar-refractivity contribution in [2.75, 3.05) is 0 Å². The minimum atomic E-state index is -0.272. The van der Waals surface area contributed by atoms with Gasteiger partial charge >= 0.3 is 0 Å². The van der Waals surface area contributed by atoms with E-state index in [1.807, 2.05) is 20.8 Å². The lowest BCUT2D eigenvalue weighted by Crippen LogP contribution is -2.16. The molecular weight excluding hydrogens is 148 g/mol. The van der Waals surface area contributed by atoms with Gasteiger partial charge < -0.3 is 0 Å². The summed E-state index contributed by atoms with van der Waals surface area (Å²) in [6.07, 6.45) is 8.71. The number of nitrogens with zero attached hydrogens (tertiary/aromatic N) is 2. The highest BCUT2D eigenvalue weighted by Crippen LogP contribution is 2.22. The van der Waals surface area contributed by atoms with Gasteiger partial charge in [-0.2, -0.15) is 0 Å². The smallest absolute Gasteiger partial charge is 0.115 e. The van der Waals surface area contributed by atoms with Gasteiger partial charge in [0.15, 0.2) is 0 Å². The molecule has 2 nitrogen and oxygen atoms in total. The summed E-state index contributed by atoms with van der Waals surface area (Å²) >= 11 is 0. The van der Waals surface area contributed by atoms with Crippen LogP contribution >= 0.6 is 0 Å². The second-order valence-corrected chi connectivity index (χ2v) is 3.29. The van der Waals surface area contributed by atoms with Gasteiger partial charge in [0.1, 0.15) is 6.33 Å². The monoisotopic (exact) mass is 160 g/mol. The van der Waals surface area contributed by atoms with Gasteiger partial charge in [-0.15, -0.1) is 6.42 Å². The molecule has 0 aliphatic carbocycles. The van der Waals surface area contributed by atoms with Crippen LogP contribution < -0.4 is 0 Å². The van der Waals surface area contributed by atoms with E-state index in [-0.39, 0.29) is 5.41 Å². The summed E-state index contributed by atoms with van der Waals surface area (Å²) in [5.74, 6) is 2.72. The van der Waals surface area contributed by atoms with E-state index in [1.165, 1.54) is 6.33 Å². The van der Waals surface area contributed by atoms with E-state index in [4.69, 9.17) is 6.42 Å². The molecule has 1 aromatic heterocycles. The quantitative estimate of drug-likeness (QED) is 0.584. The lowest BCUT2D eigenvalue weighted by Gasteiger charge is -2.18. The minimum Gasteiger partial charge on any atom is -0.244 e. The minimum absolute atomic E-state index is 0.272. The zero-order valence-corrected chi connectivity index (χ0v) is 7.63. The molecule has 0 N–H and O–H groups in total. The van der Waals surface area contributed by atoms with Gasteiger partial charge in [-0.3, -0.25) is 0 Å². The lowest BCUT2D eigenvalue weighted by molar-refractivity contribution is 0.680. The molecule has 0 aliphatic rings. The molecule has 1 aromatic rings. The molecule has 0 spiro atoms. The van der Waals surface area contributed by atoms with Crippen LogP contribution in [0.3, 0.4) is 0 Å². The van der Waals surface area contributed by atoms with Crippen molar-refractivity contribution in [2.45, 2.75) is 26.2 Å². The Morgan fingerprint density at radius 3 is 2.67 bits per heavy atom. The molecule has 2 heteroatoms. The van der Waals surface area contributed by atoms with Crippen LogP contribution in [0.2, 0.25) is 0 Å². The zero-order chi connectivity index (χ0) is 9.19. The molecule has 1 rings (SSSR count). The van der Waals surface area contributed by atoms with Gasteiger partial charge in [0, 0.05) is 17.5 Å². The fraction of sp³-hybridized carbons (Fsp3) is 0.400. The molecule has 0 saturated carbocycles. The Morgan fingerprint density at radius 1 is 1.50 bits per heavy atom. The van der Waals surface area contributed by atoms with Crippen molar-refractivity contribution < 1.29 is 0 Å². The fourth-order valence-corrected chi connectivity index (χ4v) is 1.08. The summed E-state index contributed by atoms with van der Waals surface area (Å²) in [6, 6.07) is 0. The van der Waals surface area contributed by atoms with Gasteiger partial charge in [-0.25, -0.2) is 9.97 Å². The molecule has 0 radical (unpaired) electrons. The largest absolute Gasteiger partial charge is 0.244 e. The highest BCUT2D eigenvalue weighted by atomic mass is 14.8. The fourth-order valence-electron chi connectivity index (χ4n) is 1.08. The van der Waals surface area contributed by atoms with Gasteiger partial charge in [0.25, 0.3) is 0 Å². The molecule has 0 amide bonds. The molecule has 12 heavy (non-hydrogen) atoms. The second kappa shape index (κ2) is 2.94. The van der Waals surface area contributed by atoms with Crippen molar-refractivity contribution in [1.82, 2.24) is 9.97 Å². The van der Waals surface area contributed by atoms with E-state index in [1.54, 1.807) is 6.20 Å². The predicted octanol–water partition coefficient (Wildman–Crippen LogP) is 1.70. The summed E-state index contributed by atoms with van der Waals surface area (Å²) in [5.41, 5.74) is 1.70. The van der Waals surface area contributed by atoms with E-state index in [9.17, 15) is 0 Å². The maximum absolute atomic E-state index is 5.40. The Hall–Kier alpha value is -1.36. The number of aryl methyl sites for hydroxylation is 1. The van der Waals surface area contributed by atoms with Gasteiger partial charge in [-0.1, -0.05) is 5.92 Å². The first-order valence-corrected chi connectivity index (χ1v) is 3.83. The third-order valence-corrected chi connectivity index (χ3v) is 1.95. The molecular formula is C10H12N2. The third kappa shape index (κ3) is 1.45. The first-order valence-electron chi connectivity index (χ1n) is 3.83. The molecule has 0 fully saturated rings. The maximum atomic E-state index is 5.40. The number of aromatic nitrogens is 2. The number of terminal acetylenes is 1. The summed E-state index contributed by atoms with van der Waals surface area (Å²) in [5, 5.41) is 0. The highest BCUT2D eigenvalue weighted by Gasteiger charge is 2.19.